The molecular weight excluding hydrogens is 280 g/mol. The molecule has 0 radical (unpaired) electrons. The third-order valence-electron chi connectivity index (χ3n) is 3.67. The second-order valence-corrected chi connectivity index (χ2v) is 7.90. The fourth-order valence-corrected chi connectivity index (χ4v) is 2.47. The fraction of sp³-hybridized carbons (Fsp3) is 0.409. The molecule has 1 heteroatoms. The van der Waals surface area contributed by atoms with Crippen molar-refractivity contribution in [2.45, 2.75) is 48.5 Å². The van der Waals surface area contributed by atoms with Crippen LogP contribution >= 0.6 is 0 Å². The average Bonchev–Trinajstić information content (AvgIpc) is 2.38. The molecule has 1 nitrogen and oxygen atoms in total. The van der Waals surface area contributed by atoms with Crippen molar-refractivity contribution in [3.63, 3.8) is 0 Å². The standard InChI is InChI=1S/C22H28O/c1-9-11-16(12-10-2)13-17-14-18(21(3,4)5)20(23)19(15-17)22(6,7)8/h1,10-15H,2-8H3/b12-10-,16-11+. The zero-order valence-electron chi connectivity index (χ0n) is 15.4. The van der Waals surface area contributed by atoms with Crippen LogP contribution in [0.25, 0.3) is 0 Å². The van der Waals surface area contributed by atoms with Crippen LogP contribution in [0.5, 0.6) is 0 Å². The first-order valence-electron chi connectivity index (χ1n) is 8.00. The van der Waals surface area contributed by atoms with Gasteiger partial charge in [-0.3, -0.25) is 4.79 Å². The zero-order valence-corrected chi connectivity index (χ0v) is 15.4. The summed E-state index contributed by atoms with van der Waals surface area (Å²) < 4.78 is 0. The van der Waals surface area contributed by atoms with Crippen LogP contribution < -0.4 is 0 Å². The maximum absolute atomic E-state index is 12.9. The number of allylic oxidation sites excluding steroid dienone is 10. The Bertz CT molecular complexity index is 633. The molecule has 0 amide bonds. The molecule has 23 heavy (non-hydrogen) atoms. The Morgan fingerprint density at radius 1 is 1.04 bits per heavy atom. The lowest BCUT2D eigenvalue weighted by molar-refractivity contribution is -0.114. The lowest BCUT2D eigenvalue weighted by Gasteiger charge is -2.31. The Labute approximate surface area is 141 Å². The van der Waals surface area contributed by atoms with Crippen molar-refractivity contribution in [3.8, 4) is 12.3 Å². The number of hydrogen-bond donors (Lipinski definition) is 0. The van der Waals surface area contributed by atoms with Crippen LogP contribution in [0.15, 0.2) is 58.7 Å². The lowest BCUT2D eigenvalue weighted by Crippen LogP contribution is -2.27. The number of carbonyl (C=O) groups excluding carboxylic acids is 1. The second kappa shape index (κ2) is 7.01. The van der Waals surface area contributed by atoms with E-state index < -0.39 is 0 Å². The molecule has 0 aromatic heterocycles. The van der Waals surface area contributed by atoms with E-state index in [-0.39, 0.29) is 16.6 Å². The van der Waals surface area contributed by atoms with E-state index >= 15 is 0 Å². The van der Waals surface area contributed by atoms with Crippen molar-refractivity contribution in [1.82, 2.24) is 0 Å². The van der Waals surface area contributed by atoms with Crippen LogP contribution in [-0.4, -0.2) is 5.78 Å². The van der Waals surface area contributed by atoms with Crippen LogP contribution in [0.4, 0.5) is 0 Å². The van der Waals surface area contributed by atoms with Crippen LogP contribution in [0.3, 0.4) is 0 Å². The summed E-state index contributed by atoms with van der Waals surface area (Å²) >= 11 is 0. The van der Waals surface area contributed by atoms with E-state index in [9.17, 15) is 4.79 Å². The average molecular weight is 308 g/mol. The number of rotatable bonds is 2. The molecule has 0 aliphatic heterocycles. The molecule has 0 saturated carbocycles. The van der Waals surface area contributed by atoms with Gasteiger partial charge < -0.3 is 0 Å². The molecule has 0 aromatic rings. The topological polar surface area (TPSA) is 17.1 Å². The molecule has 0 atom stereocenters. The highest BCUT2D eigenvalue weighted by Crippen LogP contribution is 2.39. The Morgan fingerprint density at radius 3 is 1.87 bits per heavy atom. The predicted octanol–water partition coefficient (Wildman–Crippen LogP) is 5.58. The van der Waals surface area contributed by atoms with Gasteiger partial charge in [-0.25, -0.2) is 0 Å². The quantitative estimate of drug-likeness (QED) is 0.481. The number of carbonyl (C=O) groups is 1. The third kappa shape index (κ3) is 4.96. The molecule has 1 rings (SSSR count). The van der Waals surface area contributed by atoms with E-state index in [1.807, 2.05) is 37.3 Å². The summed E-state index contributed by atoms with van der Waals surface area (Å²) in [6.45, 7) is 14.4. The smallest absolute Gasteiger partial charge is 0.186 e. The summed E-state index contributed by atoms with van der Waals surface area (Å²) in [5.74, 6) is 2.72. The van der Waals surface area contributed by atoms with Crippen molar-refractivity contribution in [1.29, 1.82) is 0 Å². The minimum absolute atomic E-state index is 0.149. The number of hydrogen-bond acceptors (Lipinski definition) is 1. The third-order valence-corrected chi connectivity index (χ3v) is 3.67. The van der Waals surface area contributed by atoms with E-state index in [0.29, 0.717) is 0 Å². The Kier molecular flexibility index (Phi) is 5.78. The first-order chi connectivity index (χ1) is 10.5. The van der Waals surface area contributed by atoms with Gasteiger partial charge in [-0.1, -0.05) is 59.6 Å². The second-order valence-electron chi connectivity index (χ2n) is 7.90. The molecule has 122 valence electrons. The molecule has 1 aliphatic rings. The van der Waals surface area contributed by atoms with E-state index in [1.165, 1.54) is 0 Å². The molecule has 0 spiro atoms. The monoisotopic (exact) mass is 308 g/mol. The van der Waals surface area contributed by atoms with Gasteiger partial charge in [-0.05, 0) is 53.2 Å². The molecule has 1 aliphatic carbocycles. The molecule has 0 unspecified atom stereocenters. The van der Waals surface area contributed by atoms with Gasteiger partial charge >= 0.3 is 0 Å². The first-order valence-corrected chi connectivity index (χ1v) is 8.00. The van der Waals surface area contributed by atoms with E-state index in [4.69, 9.17) is 6.42 Å². The van der Waals surface area contributed by atoms with Crippen LogP contribution in [-0.2, 0) is 4.79 Å². The van der Waals surface area contributed by atoms with Crippen molar-refractivity contribution in [2.75, 3.05) is 0 Å². The highest BCUT2D eigenvalue weighted by Gasteiger charge is 2.33. The van der Waals surface area contributed by atoms with E-state index in [0.717, 1.165) is 22.3 Å². The summed E-state index contributed by atoms with van der Waals surface area (Å²) in [4.78, 5) is 12.9. The maximum atomic E-state index is 12.9. The molecular formula is C22H28O. The molecule has 0 saturated heterocycles. The highest BCUT2D eigenvalue weighted by atomic mass is 16.1. The largest absolute Gasteiger partial charge is 0.289 e. The van der Waals surface area contributed by atoms with Gasteiger partial charge in [0.2, 0.25) is 0 Å². The van der Waals surface area contributed by atoms with E-state index in [1.54, 1.807) is 6.08 Å². The summed E-state index contributed by atoms with van der Waals surface area (Å²) in [5.41, 5.74) is 3.26. The van der Waals surface area contributed by atoms with Gasteiger partial charge in [0.05, 0.1) is 0 Å². The number of Topliss-reactive ketones (excluding diaryl/α,β-unsaturated/α-hetero) is 1. The van der Waals surface area contributed by atoms with Gasteiger partial charge in [0.1, 0.15) is 0 Å². The van der Waals surface area contributed by atoms with Crippen LogP contribution in [0.1, 0.15) is 48.5 Å². The number of terminal acetylenes is 1. The Morgan fingerprint density at radius 2 is 1.52 bits per heavy atom. The van der Waals surface area contributed by atoms with Crippen molar-refractivity contribution >= 4 is 5.78 Å². The van der Waals surface area contributed by atoms with Gasteiger partial charge in [0, 0.05) is 11.1 Å². The lowest BCUT2D eigenvalue weighted by atomic mass is 9.72. The van der Waals surface area contributed by atoms with E-state index in [2.05, 4.69) is 47.5 Å². The SMILES string of the molecule is C#C/C=C(C=C1C=C(C(C)(C)C)C(=O)C(C(C)(C)C)=C1)\C=C/C. The minimum Gasteiger partial charge on any atom is -0.289 e. The van der Waals surface area contributed by atoms with Crippen LogP contribution in [0.2, 0.25) is 0 Å². The molecule has 0 bridgehead atoms. The van der Waals surface area contributed by atoms with Gasteiger partial charge in [-0.15, -0.1) is 6.42 Å². The summed E-state index contributed by atoms with van der Waals surface area (Å²) in [6.07, 6.45) is 17.1. The normalized spacial score (nSPS) is 17.0. The highest BCUT2D eigenvalue weighted by molar-refractivity contribution is 6.11. The van der Waals surface area contributed by atoms with Gasteiger partial charge in [0.15, 0.2) is 5.78 Å². The Balaban J connectivity index is 3.54. The van der Waals surface area contributed by atoms with Gasteiger partial charge in [0.25, 0.3) is 0 Å². The first kappa shape index (κ1) is 19.0. The maximum Gasteiger partial charge on any atom is 0.186 e. The van der Waals surface area contributed by atoms with Crippen molar-refractivity contribution in [3.05, 3.63) is 58.7 Å². The molecule has 0 N–H and O–H groups in total. The minimum atomic E-state index is -0.197. The molecule has 0 aromatic carbocycles. The summed E-state index contributed by atoms with van der Waals surface area (Å²) in [6, 6.07) is 0. The van der Waals surface area contributed by atoms with Gasteiger partial charge in [-0.2, -0.15) is 0 Å². The summed E-state index contributed by atoms with van der Waals surface area (Å²) in [7, 11) is 0. The van der Waals surface area contributed by atoms with Crippen LogP contribution in [0, 0.1) is 23.2 Å². The van der Waals surface area contributed by atoms with Crippen molar-refractivity contribution < 1.29 is 4.79 Å². The molecule has 0 heterocycles. The van der Waals surface area contributed by atoms with Crippen molar-refractivity contribution in [2.24, 2.45) is 10.8 Å². The number of ketones is 1. The molecule has 0 fully saturated rings. The predicted molar refractivity (Wildman–Crippen MR) is 99.9 cm³/mol. The summed E-state index contributed by atoms with van der Waals surface area (Å²) in [5, 5.41) is 0. The fourth-order valence-electron chi connectivity index (χ4n) is 2.47. The Hall–Kier alpha value is -2.07. The zero-order chi connectivity index (χ0) is 17.8.